The highest BCUT2D eigenvalue weighted by atomic mass is 19.1. The Hall–Kier alpha value is -2.16. The molecule has 16 heavy (non-hydrogen) atoms. The van der Waals surface area contributed by atoms with Crippen molar-refractivity contribution in [2.75, 3.05) is 0 Å². The minimum atomic E-state index is -0.219. The molecule has 3 rings (SSSR count). The first-order valence-corrected chi connectivity index (χ1v) is 5.03. The smallest absolute Gasteiger partial charge is 0.156 e. The number of nitrogens with zero attached hydrogens (tertiary/aromatic N) is 1. The van der Waals surface area contributed by atoms with Crippen molar-refractivity contribution in [1.82, 2.24) is 9.97 Å². The molecule has 2 heterocycles. The number of aromatic nitrogens is 2. The van der Waals surface area contributed by atoms with Gasteiger partial charge in [-0.2, -0.15) is 0 Å². The van der Waals surface area contributed by atoms with Crippen LogP contribution in [0.1, 0.15) is 0 Å². The molecule has 0 radical (unpaired) electrons. The third-order valence-electron chi connectivity index (χ3n) is 2.59. The number of benzene rings is 1. The number of aromatic amines is 1. The van der Waals surface area contributed by atoms with E-state index in [1.165, 1.54) is 0 Å². The second-order valence-corrected chi connectivity index (χ2v) is 3.60. The summed E-state index contributed by atoms with van der Waals surface area (Å²) in [6.45, 7) is 0. The third kappa shape index (κ3) is 1.29. The maximum absolute atomic E-state index is 14.1. The Labute approximate surface area is 91.8 Å². The second-order valence-electron chi connectivity index (χ2n) is 3.60. The van der Waals surface area contributed by atoms with Crippen molar-refractivity contribution in [3.05, 3.63) is 54.6 Å². The number of pyridine rings is 1. The zero-order chi connectivity index (χ0) is 11.0. The average molecular weight is 212 g/mol. The van der Waals surface area contributed by atoms with Crippen LogP contribution < -0.4 is 0 Å². The minimum Gasteiger partial charge on any atom is -0.352 e. The van der Waals surface area contributed by atoms with Crippen LogP contribution in [0.15, 0.2) is 48.8 Å². The van der Waals surface area contributed by atoms with Crippen LogP contribution in [0.5, 0.6) is 0 Å². The van der Waals surface area contributed by atoms with Gasteiger partial charge in [0.25, 0.3) is 0 Å². The van der Waals surface area contributed by atoms with Crippen molar-refractivity contribution in [1.29, 1.82) is 0 Å². The first-order chi connectivity index (χ1) is 7.86. The zero-order valence-electron chi connectivity index (χ0n) is 8.44. The molecule has 1 aromatic carbocycles. The molecular weight excluding hydrogens is 203 g/mol. The lowest BCUT2D eigenvalue weighted by Crippen LogP contribution is -1.81. The van der Waals surface area contributed by atoms with Gasteiger partial charge in [-0.1, -0.05) is 12.1 Å². The predicted octanol–water partition coefficient (Wildman–Crippen LogP) is 3.37. The average Bonchev–Trinajstić information content (AvgIpc) is 2.69. The van der Waals surface area contributed by atoms with Crippen LogP contribution in [0.4, 0.5) is 4.39 Å². The van der Waals surface area contributed by atoms with Gasteiger partial charge in [0.05, 0.1) is 5.69 Å². The van der Waals surface area contributed by atoms with Crippen molar-refractivity contribution in [3.63, 3.8) is 0 Å². The predicted molar refractivity (Wildman–Crippen MR) is 61.5 cm³/mol. The van der Waals surface area contributed by atoms with E-state index in [-0.39, 0.29) is 5.82 Å². The second kappa shape index (κ2) is 3.45. The summed E-state index contributed by atoms with van der Waals surface area (Å²) in [4.78, 5) is 7.05. The fourth-order valence-corrected chi connectivity index (χ4v) is 1.82. The Morgan fingerprint density at radius 3 is 2.69 bits per heavy atom. The van der Waals surface area contributed by atoms with Gasteiger partial charge in [0.15, 0.2) is 5.82 Å². The molecule has 0 aliphatic rings. The molecule has 1 N–H and O–H groups in total. The third-order valence-corrected chi connectivity index (χ3v) is 2.59. The van der Waals surface area contributed by atoms with E-state index in [4.69, 9.17) is 0 Å². The van der Waals surface area contributed by atoms with Gasteiger partial charge < -0.3 is 4.98 Å². The molecule has 2 nitrogen and oxygen atoms in total. The highest BCUT2D eigenvalue weighted by Crippen LogP contribution is 2.27. The molecule has 78 valence electrons. The number of hydrogen-bond donors (Lipinski definition) is 1. The minimum absolute atomic E-state index is 0.219. The molecule has 0 aliphatic heterocycles. The summed E-state index contributed by atoms with van der Waals surface area (Å²) in [7, 11) is 0. The van der Waals surface area contributed by atoms with Crippen molar-refractivity contribution in [2.24, 2.45) is 0 Å². The van der Waals surface area contributed by atoms with Gasteiger partial charge in [0, 0.05) is 28.9 Å². The summed E-state index contributed by atoms with van der Waals surface area (Å²) < 4.78 is 14.1. The first-order valence-electron chi connectivity index (χ1n) is 5.03. The Kier molecular flexibility index (Phi) is 1.96. The molecule has 0 amide bonds. The highest BCUT2D eigenvalue weighted by Gasteiger charge is 2.11. The van der Waals surface area contributed by atoms with Crippen molar-refractivity contribution in [2.45, 2.75) is 0 Å². The fourth-order valence-electron chi connectivity index (χ4n) is 1.82. The summed E-state index contributed by atoms with van der Waals surface area (Å²) >= 11 is 0. The zero-order valence-corrected chi connectivity index (χ0v) is 8.44. The molecule has 3 aromatic rings. The Morgan fingerprint density at radius 1 is 1.06 bits per heavy atom. The monoisotopic (exact) mass is 212 g/mol. The van der Waals surface area contributed by atoms with Gasteiger partial charge in [0.2, 0.25) is 0 Å². The Morgan fingerprint density at radius 2 is 1.94 bits per heavy atom. The van der Waals surface area contributed by atoms with Gasteiger partial charge in [0.1, 0.15) is 0 Å². The topological polar surface area (TPSA) is 28.7 Å². The van der Waals surface area contributed by atoms with Crippen LogP contribution in [-0.4, -0.2) is 9.97 Å². The number of para-hydroxylation sites is 1. The van der Waals surface area contributed by atoms with Crippen molar-refractivity contribution in [3.8, 4) is 11.3 Å². The summed E-state index contributed by atoms with van der Waals surface area (Å²) in [6.07, 6.45) is 3.32. The lowest BCUT2D eigenvalue weighted by atomic mass is 10.2. The Balaban J connectivity index is 2.29. The molecule has 3 heteroatoms. The molecular formula is C13H9FN2. The molecule has 0 unspecified atom stereocenters. The lowest BCUT2D eigenvalue weighted by Gasteiger charge is -1.95. The molecule has 0 bridgehead atoms. The lowest BCUT2D eigenvalue weighted by molar-refractivity contribution is 0.643. The molecule has 2 aromatic heterocycles. The quantitative estimate of drug-likeness (QED) is 0.658. The molecule has 0 atom stereocenters. The number of fused-ring (bicyclic) bond motifs is 1. The highest BCUT2D eigenvalue weighted by molar-refractivity contribution is 5.86. The summed E-state index contributed by atoms with van der Waals surface area (Å²) in [6, 6.07) is 11.0. The van der Waals surface area contributed by atoms with Crippen molar-refractivity contribution >= 4 is 10.9 Å². The molecule has 0 aliphatic carbocycles. The maximum atomic E-state index is 14.1. The van der Waals surface area contributed by atoms with E-state index in [1.807, 2.05) is 24.3 Å². The maximum Gasteiger partial charge on any atom is 0.156 e. The summed E-state index contributed by atoms with van der Waals surface area (Å²) in [5, 5.41) is 0.612. The van der Waals surface area contributed by atoms with E-state index in [9.17, 15) is 4.39 Å². The van der Waals surface area contributed by atoms with Crippen LogP contribution >= 0.6 is 0 Å². The van der Waals surface area contributed by atoms with E-state index < -0.39 is 0 Å². The van der Waals surface area contributed by atoms with Gasteiger partial charge in [-0.25, -0.2) is 4.39 Å². The van der Waals surface area contributed by atoms with E-state index in [0.29, 0.717) is 11.1 Å². The van der Waals surface area contributed by atoms with E-state index in [1.54, 1.807) is 24.5 Å². The van der Waals surface area contributed by atoms with Crippen LogP contribution in [0.25, 0.3) is 22.2 Å². The molecule has 0 saturated heterocycles. The van der Waals surface area contributed by atoms with Crippen LogP contribution in [-0.2, 0) is 0 Å². The van der Waals surface area contributed by atoms with Crippen LogP contribution in [0.3, 0.4) is 0 Å². The van der Waals surface area contributed by atoms with E-state index >= 15 is 0 Å². The van der Waals surface area contributed by atoms with E-state index in [0.717, 1.165) is 11.1 Å². The molecule has 0 spiro atoms. The number of nitrogens with one attached hydrogen (secondary N) is 1. The molecule has 0 saturated carbocycles. The number of H-pyrrole nitrogens is 1. The fraction of sp³-hybridized carbons (Fsp3) is 0. The number of hydrogen-bond acceptors (Lipinski definition) is 1. The summed E-state index contributed by atoms with van der Waals surface area (Å²) in [5.41, 5.74) is 2.06. The summed E-state index contributed by atoms with van der Waals surface area (Å²) in [5.74, 6) is -0.219. The standard InChI is InChI=1S/C13H9FN2/c14-12-10-5-1-2-6-11(10)16-13(12)9-4-3-7-15-8-9/h1-8,16H. The number of halogens is 1. The largest absolute Gasteiger partial charge is 0.352 e. The molecule has 0 fully saturated rings. The number of rotatable bonds is 1. The van der Waals surface area contributed by atoms with Crippen LogP contribution in [0.2, 0.25) is 0 Å². The first kappa shape index (κ1) is 9.09. The van der Waals surface area contributed by atoms with Gasteiger partial charge in [-0.3, -0.25) is 4.98 Å². The Bertz CT molecular complexity index is 629. The van der Waals surface area contributed by atoms with Gasteiger partial charge in [-0.05, 0) is 24.3 Å². The van der Waals surface area contributed by atoms with Gasteiger partial charge in [-0.15, -0.1) is 0 Å². The van der Waals surface area contributed by atoms with Gasteiger partial charge >= 0.3 is 0 Å². The normalized spacial score (nSPS) is 10.8. The van der Waals surface area contributed by atoms with E-state index in [2.05, 4.69) is 9.97 Å². The van der Waals surface area contributed by atoms with Crippen molar-refractivity contribution < 1.29 is 4.39 Å². The van der Waals surface area contributed by atoms with Crippen LogP contribution in [0, 0.1) is 5.82 Å². The SMILES string of the molecule is Fc1c(-c2cccnc2)[nH]c2ccccc12.